The largest absolute Gasteiger partial charge is 0.351 e. The molecule has 1 aromatic rings. The minimum absolute atomic E-state index is 0.242. The van der Waals surface area contributed by atoms with Gasteiger partial charge in [0.15, 0.2) is 6.29 Å². The van der Waals surface area contributed by atoms with Crippen molar-refractivity contribution in [2.75, 3.05) is 13.2 Å². The average Bonchev–Trinajstić information content (AvgIpc) is 2.32. The van der Waals surface area contributed by atoms with Crippen molar-refractivity contribution in [3.63, 3.8) is 0 Å². The summed E-state index contributed by atoms with van der Waals surface area (Å²) in [5, 5.41) is 0. The summed E-state index contributed by atoms with van der Waals surface area (Å²) in [7, 11) is 0. The molecule has 0 spiro atoms. The molecule has 0 amide bonds. The van der Waals surface area contributed by atoms with E-state index < -0.39 is 6.29 Å². The van der Waals surface area contributed by atoms with Gasteiger partial charge in [0.1, 0.15) is 5.82 Å². The van der Waals surface area contributed by atoms with Gasteiger partial charge in [-0.1, -0.05) is 12.1 Å². The number of benzene rings is 1. The van der Waals surface area contributed by atoms with Crippen LogP contribution in [-0.2, 0) is 15.9 Å². The summed E-state index contributed by atoms with van der Waals surface area (Å²) in [6, 6.07) is 6.06. The quantitative estimate of drug-likeness (QED) is 0.743. The minimum atomic E-state index is -0.407. The second-order valence-corrected chi connectivity index (χ2v) is 3.77. The van der Waals surface area contributed by atoms with E-state index in [0.29, 0.717) is 19.6 Å². The maximum atomic E-state index is 12.7. The lowest BCUT2D eigenvalue weighted by atomic mass is 10.1. The number of hydrogen-bond donors (Lipinski definition) is 1. The van der Waals surface area contributed by atoms with Gasteiger partial charge in [-0.2, -0.15) is 0 Å². The van der Waals surface area contributed by atoms with E-state index >= 15 is 0 Å². The molecule has 0 aromatic heterocycles. The summed E-state index contributed by atoms with van der Waals surface area (Å²) in [6.07, 6.45) is 0.195. The zero-order valence-electron chi connectivity index (χ0n) is 10.4. The summed E-state index contributed by atoms with van der Waals surface area (Å²) in [5.41, 5.74) is 6.99. The van der Waals surface area contributed by atoms with Crippen LogP contribution in [0.15, 0.2) is 24.3 Å². The highest BCUT2D eigenvalue weighted by Crippen LogP contribution is 2.09. The predicted octanol–water partition coefficient (Wildman–Crippen LogP) is 2.09. The van der Waals surface area contributed by atoms with Crippen molar-refractivity contribution in [2.24, 2.45) is 5.73 Å². The van der Waals surface area contributed by atoms with Crippen molar-refractivity contribution in [3.05, 3.63) is 35.6 Å². The molecule has 0 radical (unpaired) electrons. The van der Waals surface area contributed by atoms with E-state index in [9.17, 15) is 4.39 Å². The molecule has 4 heteroatoms. The van der Waals surface area contributed by atoms with E-state index in [2.05, 4.69) is 0 Å². The zero-order valence-corrected chi connectivity index (χ0v) is 10.4. The Bertz CT molecular complexity index is 310. The van der Waals surface area contributed by atoms with E-state index in [4.69, 9.17) is 15.2 Å². The third-order valence-electron chi connectivity index (χ3n) is 2.40. The van der Waals surface area contributed by atoms with Crippen molar-refractivity contribution >= 4 is 0 Å². The first-order valence-corrected chi connectivity index (χ1v) is 5.90. The van der Waals surface area contributed by atoms with Gasteiger partial charge in [0.25, 0.3) is 0 Å². The third-order valence-corrected chi connectivity index (χ3v) is 2.40. The van der Waals surface area contributed by atoms with Gasteiger partial charge in [0.2, 0.25) is 0 Å². The maximum absolute atomic E-state index is 12.7. The van der Waals surface area contributed by atoms with Crippen LogP contribution in [0, 0.1) is 5.82 Å². The summed E-state index contributed by atoms with van der Waals surface area (Å²) >= 11 is 0. The Morgan fingerprint density at radius 1 is 1.12 bits per heavy atom. The van der Waals surface area contributed by atoms with E-state index in [1.807, 2.05) is 13.8 Å². The van der Waals surface area contributed by atoms with Gasteiger partial charge < -0.3 is 15.2 Å². The molecule has 17 heavy (non-hydrogen) atoms. The minimum Gasteiger partial charge on any atom is -0.351 e. The van der Waals surface area contributed by atoms with Crippen LogP contribution in [-0.4, -0.2) is 25.5 Å². The highest BCUT2D eigenvalue weighted by Gasteiger charge is 2.18. The van der Waals surface area contributed by atoms with Crippen molar-refractivity contribution in [1.82, 2.24) is 0 Å². The first-order chi connectivity index (χ1) is 8.17. The second kappa shape index (κ2) is 7.37. The van der Waals surface area contributed by atoms with Crippen molar-refractivity contribution in [3.8, 4) is 0 Å². The normalized spacial score (nSPS) is 13.0. The fraction of sp³-hybridized carbons (Fsp3) is 0.538. The van der Waals surface area contributed by atoms with Crippen molar-refractivity contribution < 1.29 is 13.9 Å². The second-order valence-electron chi connectivity index (χ2n) is 3.77. The van der Waals surface area contributed by atoms with Crippen molar-refractivity contribution in [1.29, 1.82) is 0 Å². The molecule has 1 unspecified atom stereocenters. The number of hydrogen-bond acceptors (Lipinski definition) is 3. The van der Waals surface area contributed by atoms with E-state index in [1.54, 1.807) is 12.1 Å². The molecule has 1 rings (SSSR count). The lowest BCUT2D eigenvalue weighted by Gasteiger charge is -2.23. The molecule has 1 aromatic carbocycles. The molecule has 3 nitrogen and oxygen atoms in total. The van der Waals surface area contributed by atoms with Gasteiger partial charge in [-0.15, -0.1) is 0 Å². The molecule has 2 N–H and O–H groups in total. The smallest absolute Gasteiger partial charge is 0.172 e. The van der Waals surface area contributed by atoms with Gasteiger partial charge >= 0.3 is 0 Å². The third kappa shape index (κ3) is 4.81. The van der Waals surface area contributed by atoms with E-state index in [0.717, 1.165) is 5.56 Å². The van der Waals surface area contributed by atoms with Crippen LogP contribution in [0.25, 0.3) is 0 Å². The lowest BCUT2D eigenvalue weighted by molar-refractivity contribution is -0.148. The SMILES string of the molecule is CCOC(OCC)C(N)Cc1ccc(F)cc1. The van der Waals surface area contributed by atoms with E-state index in [-0.39, 0.29) is 11.9 Å². The van der Waals surface area contributed by atoms with Gasteiger partial charge in [-0.05, 0) is 38.0 Å². The van der Waals surface area contributed by atoms with Gasteiger partial charge in [0, 0.05) is 13.2 Å². The predicted molar refractivity (Wildman–Crippen MR) is 65.1 cm³/mol. The Morgan fingerprint density at radius 2 is 1.65 bits per heavy atom. The van der Waals surface area contributed by atoms with Gasteiger partial charge in [0.05, 0.1) is 6.04 Å². The molecule has 0 aliphatic heterocycles. The summed E-state index contributed by atoms with van der Waals surface area (Å²) in [4.78, 5) is 0. The van der Waals surface area contributed by atoms with Crippen LogP contribution in [0.1, 0.15) is 19.4 Å². The van der Waals surface area contributed by atoms with Crippen LogP contribution in [0.5, 0.6) is 0 Å². The van der Waals surface area contributed by atoms with Crippen LogP contribution < -0.4 is 5.73 Å². The fourth-order valence-corrected chi connectivity index (χ4v) is 1.61. The molecule has 0 heterocycles. The number of rotatable bonds is 7. The Labute approximate surface area is 102 Å². The Kier molecular flexibility index (Phi) is 6.11. The first kappa shape index (κ1) is 14.1. The lowest BCUT2D eigenvalue weighted by Crippen LogP contribution is -2.40. The average molecular weight is 241 g/mol. The molecular weight excluding hydrogens is 221 g/mol. The number of nitrogens with two attached hydrogens (primary N) is 1. The molecule has 0 fully saturated rings. The summed E-state index contributed by atoms with van der Waals surface area (Å²) < 4.78 is 23.6. The number of halogens is 1. The Morgan fingerprint density at radius 3 is 2.12 bits per heavy atom. The van der Waals surface area contributed by atoms with Crippen LogP contribution in [0.3, 0.4) is 0 Å². The van der Waals surface area contributed by atoms with Crippen LogP contribution in [0.4, 0.5) is 4.39 Å². The molecule has 0 saturated carbocycles. The molecule has 0 aliphatic rings. The molecule has 0 saturated heterocycles. The standard InChI is InChI=1S/C13H20FNO2/c1-3-16-13(17-4-2)12(15)9-10-5-7-11(14)8-6-10/h5-8,12-13H,3-4,9,15H2,1-2H3. The Balaban J connectivity index is 2.55. The van der Waals surface area contributed by atoms with Crippen LogP contribution in [0.2, 0.25) is 0 Å². The van der Waals surface area contributed by atoms with Gasteiger partial charge in [-0.25, -0.2) is 4.39 Å². The number of ether oxygens (including phenoxy) is 2. The topological polar surface area (TPSA) is 44.5 Å². The molecule has 96 valence electrons. The molecule has 0 aliphatic carbocycles. The monoisotopic (exact) mass is 241 g/mol. The highest BCUT2D eigenvalue weighted by atomic mass is 19.1. The van der Waals surface area contributed by atoms with Gasteiger partial charge in [-0.3, -0.25) is 0 Å². The van der Waals surface area contributed by atoms with Crippen LogP contribution >= 0.6 is 0 Å². The van der Waals surface area contributed by atoms with E-state index in [1.165, 1.54) is 12.1 Å². The molecule has 1 atom stereocenters. The summed E-state index contributed by atoms with van der Waals surface area (Å²) in [6.45, 7) is 4.91. The maximum Gasteiger partial charge on any atom is 0.172 e. The Hall–Kier alpha value is -0.970. The molecular formula is C13H20FNO2. The summed E-state index contributed by atoms with van der Waals surface area (Å²) in [5.74, 6) is -0.242. The van der Waals surface area contributed by atoms with Crippen molar-refractivity contribution in [2.45, 2.75) is 32.6 Å². The zero-order chi connectivity index (χ0) is 12.7. The molecule has 0 bridgehead atoms. The fourth-order valence-electron chi connectivity index (χ4n) is 1.61. The first-order valence-electron chi connectivity index (χ1n) is 5.90. The highest BCUT2D eigenvalue weighted by molar-refractivity contribution is 5.17.